The third-order valence-electron chi connectivity index (χ3n) is 3.08. The van der Waals surface area contributed by atoms with E-state index in [4.69, 9.17) is 5.84 Å². The Morgan fingerprint density at radius 2 is 2.00 bits per heavy atom. The molecule has 0 spiro atoms. The molecule has 9 nitrogen and oxygen atoms in total. The van der Waals surface area contributed by atoms with Crippen molar-refractivity contribution in [3.05, 3.63) is 16.3 Å². The zero-order chi connectivity index (χ0) is 16.0. The lowest BCUT2D eigenvalue weighted by Gasteiger charge is -2.30. The summed E-state index contributed by atoms with van der Waals surface area (Å²) in [7, 11) is 0. The van der Waals surface area contributed by atoms with Gasteiger partial charge in [0.15, 0.2) is 0 Å². The fourth-order valence-corrected chi connectivity index (χ4v) is 2.12. The first-order chi connectivity index (χ1) is 9.86. The summed E-state index contributed by atoms with van der Waals surface area (Å²) >= 11 is 0. The highest BCUT2D eigenvalue weighted by atomic mass is 16.6. The van der Waals surface area contributed by atoms with Gasteiger partial charge in [-0.05, 0) is 27.7 Å². The van der Waals surface area contributed by atoms with Gasteiger partial charge in [-0.15, -0.1) is 0 Å². The predicted molar refractivity (Wildman–Crippen MR) is 82.0 cm³/mol. The fraction of sp³-hybridized carbons (Fsp3) is 0.667. The maximum atomic E-state index is 11.0. The molecule has 118 valence electrons. The molecule has 1 aromatic rings. The van der Waals surface area contributed by atoms with E-state index in [0.717, 1.165) is 12.7 Å². The molecule has 1 aromatic heterocycles. The zero-order valence-corrected chi connectivity index (χ0v) is 12.8. The Bertz CT molecular complexity index is 471. The van der Waals surface area contributed by atoms with Crippen molar-refractivity contribution in [2.24, 2.45) is 5.84 Å². The summed E-state index contributed by atoms with van der Waals surface area (Å²) in [5.41, 5.74) is 2.10. The van der Waals surface area contributed by atoms with Gasteiger partial charge < -0.3 is 5.32 Å². The van der Waals surface area contributed by atoms with Gasteiger partial charge in [-0.2, -0.15) is 4.98 Å². The smallest absolute Gasteiger partial charge is 0.329 e. The molecule has 0 bridgehead atoms. The van der Waals surface area contributed by atoms with Crippen LogP contribution in [-0.2, 0) is 0 Å². The molecule has 0 aliphatic rings. The van der Waals surface area contributed by atoms with Crippen LogP contribution in [0.5, 0.6) is 0 Å². The lowest BCUT2D eigenvalue weighted by atomic mass is 10.2. The Morgan fingerprint density at radius 1 is 1.38 bits per heavy atom. The van der Waals surface area contributed by atoms with Crippen LogP contribution in [0.25, 0.3) is 0 Å². The number of rotatable bonds is 8. The standard InChI is InChI=1S/C12H23N7O2/c1-8(2)18(9(3)4)6-5-14-11-10(19(20)21)7-15-12(16-11)17-13/h7-9H,5-6,13H2,1-4H3,(H2,14,15,16,17). The lowest BCUT2D eigenvalue weighted by Crippen LogP contribution is -2.40. The number of nitrogen functional groups attached to an aromatic ring is 1. The van der Waals surface area contributed by atoms with E-state index in [1.807, 2.05) is 0 Å². The molecule has 1 rings (SSSR count). The van der Waals surface area contributed by atoms with E-state index in [0.29, 0.717) is 18.6 Å². The van der Waals surface area contributed by atoms with Crippen molar-refractivity contribution in [3.63, 3.8) is 0 Å². The number of nitrogens with one attached hydrogen (secondary N) is 2. The number of aromatic nitrogens is 2. The average molecular weight is 297 g/mol. The summed E-state index contributed by atoms with van der Waals surface area (Å²) in [5, 5.41) is 13.9. The van der Waals surface area contributed by atoms with Gasteiger partial charge in [0.25, 0.3) is 0 Å². The SMILES string of the molecule is CC(C)N(CCNc1nc(NN)ncc1[N+](=O)[O-])C(C)C. The summed E-state index contributed by atoms with van der Waals surface area (Å²) in [6.07, 6.45) is 1.13. The fourth-order valence-electron chi connectivity index (χ4n) is 2.12. The molecule has 4 N–H and O–H groups in total. The highest BCUT2D eigenvalue weighted by Gasteiger charge is 2.18. The maximum absolute atomic E-state index is 11.0. The van der Waals surface area contributed by atoms with Crippen LogP contribution in [0.2, 0.25) is 0 Å². The van der Waals surface area contributed by atoms with Gasteiger partial charge >= 0.3 is 5.69 Å². The van der Waals surface area contributed by atoms with Crippen molar-refractivity contribution >= 4 is 17.5 Å². The zero-order valence-electron chi connectivity index (χ0n) is 12.8. The highest BCUT2D eigenvalue weighted by Crippen LogP contribution is 2.21. The van der Waals surface area contributed by atoms with Crippen LogP contribution in [0.15, 0.2) is 6.20 Å². The highest BCUT2D eigenvalue weighted by molar-refractivity contribution is 5.56. The molecule has 0 aliphatic heterocycles. The Hall–Kier alpha value is -2.00. The van der Waals surface area contributed by atoms with Crippen molar-refractivity contribution in [1.82, 2.24) is 14.9 Å². The van der Waals surface area contributed by atoms with Gasteiger partial charge in [-0.25, -0.2) is 10.8 Å². The van der Waals surface area contributed by atoms with Gasteiger partial charge in [0.05, 0.1) is 4.92 Å². The number of nitrogens with two attached hydrogens (primary N) is 1. The van der Waals surface area contributed by atoms with Crippen LogP contribution in [0, 0.1) is 10.1 Å². The minimum absolute atomic E-state index is 0.132. The maximum Gasteiger partial charge on any atom is 0.329 e. The summed E-state index contributed by atoms with van der Waals surface area (Å²) in [5.74, 6) is 5.51. The van der Waals surface area contributed by atoms with E-state index >= 15 is 0 Å². The number of hydrogen-bond acceptors (Lipinski definition) is 8. The van der Waals surface area contributed by atoms with Crippen LogP contribution in [0.1, 0.15) is 27.7 Å². The average Bonchev–Trinajstić information content (AvgIpc) is 2.42. The van der Waals surface area contributed by atoms with Crippen LogP contribution in [0.4, 0.5) is 17.5 Å². The van der Waals surface area contributed by atoms with Crippen molar-refractivity contribution in [2.45, 2.75) is 39.8 Å². The second-order valence-corrected chi connectivity index (χ2v) is 5.18. The number of anilines is 2. The summed E-state index contributed by atoms with van der Waals surface area (Å²) in [6.45, 7) is 9.75. The molecule has 0 atom stereocenters. The molecule has 9 heteroatoms. The molecule has 0 radical (unpaired) electrons. The molecule has 0 fully saturated rings. The van der Waals surface area contributed by atoms with E-state index in [1.165, 1.54) is 0 Å². The molecule has 0 unspecified atom stereocenters. The predicted octanol–water partition coefficient (Wildman–Crippen LogP) is 1.20. The Labute approximate surface area is 124 Å². The summed E-state index contributed by atoms with van der Waals surface area (Å²) in [4.78, 5) is 20.4. The topological polar surface area (TPSA) is 122 Å². The van der Waals surface area contributed by atoms with Crippen LogP contribution in [-0.4, -0.2) is 45.0 Å². The second kappa shape index (κ2) is 7.70. The molecule has 0 aliphatic carbocycles. The Morgan fingerprint density at radius 3 is 2.48 bits per heavy atom. The van der Waals surface area contributed by atoms with Crippen LogP contribution in [0.3, 0.4) is 0 Å². The van der Waals surface area contributed by atoms with Crippen molar-refractivity contribution in [1.29, 1.82) is 0 Å². The molecular weight excluding hydrogens is 274 g/mol. The van der Waals surface area contributed by atoms with Gasteiger partial charge in [0.1, 0.15) is 6.20 Å². The molecule has 0 saturated heterocycles. The molecule has 1 heterocycles. The third kappa shape index (κ3) is 4.80. The third-order valence-corrected chi connectivity index (χ3v) is 3.08. The van der Waals surface area contributed by atoms with E-state index < -0.39 is 4.92 Å². The van der Waals surface area contributed by atoms with Crippen molar-refractivity contribution in [2.75, 3.05) is 23.8 Å². The first-order valence-corrected chi connectivity index (χ1v) is 6.84. The first-order valence-electron chi connectivity index (χ1n) is 6.84. The molecule has 0 saturated carbocycles. The molecular formula is C12H23N7O2. The second-order valence-electron chi connectivity index (χ2n) is 5.18. The van der Waals surface area contributed by atoms with Gasteiger partial charge in [-0.1, -0.05) is 0 Å². The number of nitrogens with zero attached hydrogens (tertiary/aromatic N) is 4. The first kappa shape index (κ1) is 17.1. The van der Waals surface area contributed by atoms with E-state index in [-0.39, 0.29) is 17.5 Å². The monoisotopic (exact) mass is 297 g/mol. The quantitative estimate of drug-likeness (QED) is 0.371. The lowest BCUT2D eigenvalue weighted by molar-refractivity contribution is -0.384. The van der Waals surface area contributed by atoms with E-state index in [2.05, 4.69) is 53.3 Å². The van der Waals surface area contributed by atoms with Gasteiger partial charge in [0, 0.05) is 25.2 Å². The largest absolute Gasteiger partial charge is 0.363 e. The van der Waals surface area contributed by atoms with Crippen molar-refractivity contribution < 1.29 is 4.92 Å². The molecule has 0 amide bonds. The van der Waals surface area contributed by atoms with Crippen molar-refractivity contribution in [3.8, 4) is 0 Å². The summed E-state index contributed by atoms with van der Waals surface area (Å²) < 4.78 is 0. The van der Waals surface area contributed by atoms with Crippen LogP contribution < -0.4 is 16.6 Å². The minimum Gasteiger partial charge on any atom is -0.363 e. The number of hydrazine groups is 1. The minimum atomic E-state index is -0.523. The Kier molecular flexibility index (Phi) is 6.25. The number of hydrogen-bond donors (Lipinski definition) is 3. The van der Waals surface area contributed by atoms with Gasteiger partial charge in [-0.3, -0.25) is 20.4 Å². The molecule has 21 heavy (non-hydrogen) atoms. The Balaban J connectivity index is 2.75. The van der Waals surface area contributed by atoms with Gasteiger partial charge in [0.2, 0.25) is 11.8 Å². The normalized spacial score (nSPS) is 11.2. The van der Waals surface area contributed by atoms with E-state index in [9.17, 15) is 10.1 Å². The molecule has 0 aromatic carbocycles. The van der Waals surface area contributed by atoms with E-state index in [1.54, 1.807) is 0 Å². The number of nitro groups is 1. The van der Waals surface area contributed by atoms with Crippen LogP contribution >= 0.6 is 0 Å². The summed E-state index contributed by atoms with van der Waals surface area (Å²) in [6, 6.07) is 0.793.